The Hall–Kier alpha value is -1.00. The number of hydrogen-bond acceptors (Lipinski definition) is 4. The summed E-state index contributed by atoms with van der Waals surface area (Å²) in [6, 6.07) is 0.343. The highest BCUT2D eigenvalue weighted by Crippen LogP contribution is 2.37. The Balaban J connectivity index is 3.72. The fraction of sp³-hybridized carbons (Fsp3) is 0.375. The van der Waals surface area contributed by atoms with Crippen molar-refractivity contribution in [1.29, 1.82) is 0 Å². The lowest BCUT2D eigenvalue weighted by Gasteiger charge is -2.14. The molecule has 0 atom stereocenters. The summed E-state index contributed by atoms with van der Waals surface area (Å²) in [5, 5.41) is -1.17. The highest BCUT2D eigenvalue weighted by Gasteiger charge is 2.39. The smallest absolute Gasteiger partial charge is 0.326 e. The molecule has 0 aliphatic rings. The number of pyridine rings is 1. The predicted molar refractivity (Wildman–Crippen MR) is 55.1 cm³/mol. The minimum absolute atomic E-state index is 0.343. The van der Waals surface area contributed by atoms with Gasteiger partial charge in [0.1, 0.15) is 0 Å². The maximum atomic E-state index is 12.5. The molecule has 19 heavy (non-hydrogen) atoms. The van der Waals surface area contributed by atoms with Gasteiger partial charge in [-0.05, 0) is 6.07 Å². The molecule has 0 fully saturated rings. The largest absolute Gasteiger partial charge is 0.433 e. The summed E-state index contributed by atoms with van der Waals surface area (Å²) in [5.41, 5.74) is 1.12. The molecule has 0 aromatic carbocycles. The normalized spacial score (nSPS) is 13.1. The summed E-state index contributed by atoms with van der Waals surface area (Å²) in [7, 11) is 0.261. The molecule has 1 heterocycles. The summed E-state index contributed by atoms with van der Waals surface area (Å²) in [6.07, 6.45) is -8.73. The summed E-state index contributed by atoms with van der Waals surface area (Å²) < 4.78 is 84.9. The summed E-state index contributed by atoms with van der Waals surface area (Å²) in [5.74, 6) is 0. The molecular weight excluding hydrogens is 319 g/mol. The van der Waals surface area contributed by atoms with Crippen molar-refractivity contribution in [3.63, 3.8) is 0 Å². The molecule has 0 bridgehead atoms. The van der Waals surface area contributed by atoms with E-state index in [1.54, 1.807) is 0 Å². The fourth-order valence-corrected chi connectivity index (χ4v) is 2.36. The number of aromatic nitrogens is 1. The van der Waals surface area contributed by atoms with Crippen LogP contribution in [0.4, 0.5) is 22.0 Å². The molecule has 108 valence electrons. The molecule has 4 nitrogen and oxygen atoms in total. The molecule has 0 aliphatic heterocycles. The molecule has 1 aromatic rings. The molecule has 0 amide bonds. The van der Waals surface area contributed by atoms with Gasteiger partial charge in [0, 0.05) is 28.4 Å². The first-order valence-electron chi connectivity index (χ1n) is 4.52. The summed E-state index contributed by atoms with van der Waals surface area (Å²) in [4.78, 5) is 2.70. The molecule has 11 heteroatoms. The van der Waals surface area contributed by atoms with Gasteiger partial charge in [-0.15, -0.1) is 0 Å². The number of rotatable bonds is 3. The van der Waals surface area contributed by atoms with Crippen LogP contribution in [0.15, 0.2) is 11.1 Å². The van der Waals surface area contributed by atoms with Crippen molar-refractivity contribution >= 4 is 19.7 Å². The second-order valence-electron chi connectivity index (χ2n) is 3.33. The SMILES string of the molecule is NCc1cc(C(F)F)c(C(F)(F)F)nc1S(=O)(=O)Cl. The van der Waals surface area contributed by atoms with Crippen LogP contribution in [0.2, 0.25) is 0 Å². The first-order valence-corrected chi connectivity index (χ1v) is 6.83. The zero-order chi connectivity index (χ0) is 15.0. The van der Waals surface area contributed by atoms with E-state index in [4.69, 9.17) is 16.4 Å². The maximum Gasteiger partial charge on any atom is 0.433 e. The number of hydrogen-bond donors (Lipinski definition) is 1. The van der Waals surface area contributed by atoms with Crippen LogP contribution in [0.3, 0.4) is 0 Å². The Labute approximate surface area is 108 Å². The van der Waals surface area contributed by atoms with Crippen LogP contribution in [0.5, 0.6) is 0 Å². The third-order valence-corrected chi connectivity index (χ3v) is 3.30. The third kappa shape index (κ3) is 3.51. The van der Waals surface area contributed by atoms with E-state index >= 15 is 0 Å². The second kappa shape index (κ2) is 5.17. The Morgan fingerprint density at radius 2 is 1.89 bits per heavy atom. The van der Waals surface area contributed by atoms with E-state index in [9.17, 15) is 30.4 Å². The van der Waals surface area contributed by atoms with Gasteiger partial charge in [0.15, 0.2) is 10.7 Å². The third-order valence-electron chi connectivity index (χ3n) is 2.05. The van der Waals surface area contributed by atoms with E-state index in [1.165, 1.54) is 0 Å². The van der Waals surface area contributed by atoms with Crippen LogP contribution in [0, 0.1) is 0 Å². The van der Waals surface area contributed by atoms with Gasteiger partial charge in [-0.3, -0.25) is 0 Å². The zero-order valence-electron chi connectivity index (χ0n) is 8.88. The summed E-state index contributed by atoms with van der Waals surface area (Å²) >= 11 is 0. The molecule has 0 radical (unpaired) electrons. The van der Waals surface area contributed by atoms with E-state index in [0.717, 1.165) is 0 Å². The van der Waals surface area contributed by atoms with E-state index in [-0.39, 0.29) is 0 Å². The Morgan fingerprint density at radius 3 is 2.21 bits per heavy atom. The van der Waals surface area contributed by atoms with Gasteiger partial charge in [-0.25, -0.2) is 22.2 Å². The van der Waals surface area contributed by atoms with Crippen molar-refractivity contribution in [1.82, 2.24) is 4.98 Å². The average molecular weight is 325 g/mol. The molecule has 0 saturated heterocycles. The van der Waals surface area contributed by atoms with Gasteiger partial charge in [0.05, 0.1) is 0 Å². The fourth-order valence-electron chi connectivity index (χ4n) is 1.31. The van der Waals surface area contributed by atoms with E-state index in [1.807, 2.05) is 0 Å². The Morgan fingerprint density at radius 1 is 1.37 bits per heavy atom. The predicted octanol–water partition coefficient (Wildman–Crippen LogP) is 2.42. The van der Waals surface area contributed by atoms with Gasteiger partial charge in [0.2, 0.25) is 0 Å². The maximum absolute atomic E-state index is 12.5. The van der Waals surface area contributed by atoms with Crippen molar-refractivity contribution in [2.75, 3.05) is 0 Å². The number of alkyl halides is 5. The minimum atomic E-state index is -5.24. The molecular formula is C8H6ClF5N2O2S. The van der Waals surface area contributed by atoms with E-state index < -0.39 is 50.0 Å². The van der Waals surface area contributed by atoms with E-state index in [2.05, 4.69) is 4.98 Å². The van der Waals surface area contributed by atoms with E-state index in [0.29, 0.717) is 6.07 Å². The summed E-state index contributed by atoms with van der Waals surface area (Å²) in [6.45, 7) is -0.605. The topological polar surface area (TPSA) is 73.0 Å². The van der Waals surface area contributed by atoms with Crippen LogP contribution < -0.4 is 5.73 Å². The number of nitrogens with two attached hydrogens (primary N) is 1. The first kappa shape index (κ1) is 16.1. The highest BCUT2D eigenvalue weighted by molar-refractivity contribution is 8.13. The average Bonchev–Trinajstić information content (AvgIpc) is 2.24. The molecule has 1 rings (SSSR count). The van der Waals surface area contributed by atoms with Gasteiger partial charge in [0.25, 0.3) is 15.5 Å². The molecule has 0 spiro atoms. The zero-order valence-corrected chi connectivity index (χ0v) is 10.5. The monoisotopic (exact) mass is 324 g/mol. The highest BCUT2D eigenvalue weighted by atomic mass is 35.7. The van der Waals surface area contributed by atoms with Crippen molar-refractivity contribution in [2.24, 2.45) is 5.73 Å². The Bertz CT molecular complexity index is 588. The van der Waals surface area contributed by atoms with Crippen molar-refractivity contribution < 1.29 is 30.4 Å². The van der Waals surface area contributed by atoms with Crippen molar-refractivity contribution in [3.8, 4) is 0 Å². The molecule has 0 aliphatic carbocycles. The molecule has 1 aromatic heterocycles. The molecule has 2 N–H and O–H groups in total. The number of nitrogens with zero attached hydrogens (tertiary/aromatic N) is 1. The van der Waals surface area contributed by atoms with Crippen molar-refractivity contribution in [3.05, 3.63) is 22.9 Å². The lowest BCUT2D eigenvalue weighted by atomic mass is 10.1. The van der Waals surface area contributed by atoms with Gasteiger partial charge in [-0.1, -0.05) is 0 Å². The van der Waals surface area contributed by atoms with Crippen LogP contribution >= 0.6 is 10.7 Å². The minimum Gasteiger partial charge on any atom is -0.326 e. The van der Waals surface area contributed by atoms with Gasteiger partial charge < -0.3 is 5.73 Å². The van der Waals surface area contributed by atoms with Crippen LogP contribution in [-0.2, 0) is 21.8 Å². The Kier molecular flexibility index (Phi) is 4.37. The lowest BCUT2D eigenvalue weighted by Crippen LogP contribution is -2.17. The number of halogens is 6. The van der Waals surface area contributed by atoms with Gasteiger partial charge in [-0.2, -0.15) is 13.2 Å². The second-order valence-corrected chi connectivity index (χ2v) is 5.81. The molecule has 0 unspecified atom stereocenters. The molecule has 0 saturated carbocycles. The van der Waals surface area contributed by atoms with Crippen molar-refractivity contribution in [2.45, 2.75) is 24.2 Å². The standard InChI is InChI=1S/C8H6ClF5N2O2S/c9-19(17,18)7-3(2-15)1-4(6(10)11)5(16-7)8(12,13)14/h1,6H,2,15H2. The van der Waals surface area contributed by atoms with Crippen LogP contribution in [0.1, 0.15) is 23.2 Å². The van der Waals surface area contributed by atoms with Crippen LogP contribution in [-0.4, -0.2) is 13.4 Å². The van der Waals surface area contributed by atoms with Gasteiger partial charge >= 0.3 is 6.18 Å². The first-order chi connectivity index (χ1) is 8.48. The van der Waals surface area contributed by atoms with Crippen LogP contribution in [0.25, 0.3) is 0 Å². The lowest BCUT2D eigenvalue weighted by molar-refractivity contribution is -0.143. The quantitative estimate of drug-likeness (QED) is 0.684.